The predicted molar refractivity (Wildman–Crippen MR) is 84.6 cm³/mol. The average molecular weight is 309 g/mol. The molecule has 0 spiro atoms. The number of H-pyrrole nitrogens is 1. The van der Waals surface area contributed by atoms with Gasteiger partial charge in [0.15, 0.2) is 5.65 Å². The Morgan fingerprint density at radius 2 is 2.14 bits per heavy atom. The zero-order valence-electron chi connectivity index (χ0n) is 12.3. The zero-order chi connectivity index (χ0) is 14.7. The average Bonchev–Trinajstić information content (AvgIpc) is 2.94. The molecule has 3 rings (SSSR count). The van der Waals surface area contributed by atoms with E-state index in [9.17, 15) is 0 Å². The highest BCUT2D eigenvalue weighted by molar-refractivity contribution is 6.28. The summed E-state index contributed by atoms with van der Waals surface area (Å²) in [5, 5.41) is 11.3. The Hall–Kier alpha value is -1.40. The number of likely N-dealkylation sites (tertiary alicyclic amines) is 1. The first-order chi connectivity index (χ1) is 10.2. The molecule has 1 aliphatic rings. The molecule has 6 nitrogen and oxygen atoms in total. The highest BCUT2D eigenvalue weighted by Crippen LogP contribution is 2.20. The van der Waals surface area contributed by atoms with Crippen molar-refractivity contribution in [3.8, 4) is 0 Å². The monoisotopic (exact) mass is 308 g/mol. The van der Waals surface area contributed by atoms with E-state index in [2.05, 4.69) is 37.3 Å². The number of aromatic nitrogens is 4. The van der Waals surface area contributed by atoms with Crippen LogP contribution in [0.2, 0.25) is 5.28 Å². The van der Waals surface area contributed by atoms with Gasteiger partial charge in [0.25, 0.3) is 0 Å². The lowest BCUT2D eigenvalue weighted by atomic mass is 10.1. The molecule has 0 saturated carbocycles. The van der Waals surface area contributed by atoms with E-state index >= 15 is 0 Å². The SMILES string of the molecule is CC(CNc1nc(Cl)nc2[nH]ncc12)CN1CCCCC1. The molecule has 1 atom stereocenters. The van der Waals surface area contributed by atoms with Gasteiger partial charge in [-0.3, -0.25) is 5.10 Å². The number of nitrogens with zero attached hydrogens (tertiary/aromatic N) is 4. The highest BCUT2D eigenvalue weighted by Gasteiger charge is 2.14. The minimum absolute atomic E-state index is 0.234. The summed E-state index contributed by atoms with van der Waals surface area (Å²) in [5.74, 6) is 1.31. The van der Waals surface area contributed by atoms with Gasteiger partial charge in [-0.1, -0.05) is 13.3 Å². The Balaban J connectivity index is 1.59. The molecule has 0 aromatic carbocycles. The first kappa shape index (κ1) is 14.5. The van der Waals surface area contributed by atoms with Crippen LogP contribution < -0.4 is 5.32 Å². The molecule has 0 radical (unpaired) electrons. The van der Waals surface area contributed by atoms with Gasteiger partial charge in [0.05, 0.1) is 11.6 Å². The van der Waals surface area contributed by atoms with Crippen molar-refractivity contribution in [2.45, 2.75) is 26.2 Å². The van der Waals surface area contributed by atoms with Crippen LogP contribution in [0.25, 0.3) is 11.0 Å². The minimum Gasteiger partial charge on any atom is -0.369 e. The normalized spacial score (nSPS) is 18.0. The minimum atomic E-state index is 0.234. The molecule has 0 aliphatic carbocycles. The Bertz CT molecular complexity index is 592. The third-order valence-electron chi connectivity index (χ3n) is 3.92. The van der Waals surface area contributed by atoms with Crippen LogP contribution in [0.4, 0.5) is 5.82 Å². The summed E-state index contributed by atoms with van der Waals surface area (Å²) in [6.45, 7) is 6.72. The van der Waals surface area contributed by atoms with E-state index in [1.54, 1.807) is 6.20 Å². The number of hydrogen-bond donors (Lipinski definition) is 2. The quantitative estimate of drug-likeness (QED) is 0.831. The van der Waals surface area contributed by atoms with Crippen LogP contribution in [0.5, 0.6) is 0 Å². The third-order valence-corrected chi connectivity index (χ3v) is 4.09. The molecular formula is C14H21ClN6. The van der Waals surface area contributed by atoms with E-state index < -0.39 is 0 Å². The van der Waals surface area contributed by atoms with Crippen LogP contribution in [-0.2, 0) is 0 Å². The fourth-order valence-corrected chi connectivity index (χ4v) is 3.03. The van der Waals surface area contributed by atoms with Crippen molar-refractivity contribution in [2.75, 3.05) is 31.5 Å². The van der Waals surface area contributed by atoms with Gasteiger partial charge in [-0.15, -0.1) is 0 Å². The van der Waals surface area contributed by atoms with Crippen molar-refractivity contribution in [1.29, 1.82) is 0 Å². The number of aromatic amines is 1. The smallest absolute Gasteiger partial charge is 0.226 e. The molecule has 1 saturated heterocycles. The largest absolute Gasteiger partial charge is 0.369 e. The molecular weight excluding hydrogens is 288 g/mol. The first-order valence-corrected chi connectivity index (χ1v) is 7.93. The lowest BCUT2D eigenvalue weighted by Gasteiger charge is -2.29. The number of rotatable bonds is 5. The second-order valence-electron chi connectivity index (χ2n) is 5.82. The van der Waals surface area contributed by atoms with Crippen LogP contribution in [0.3, 0.4) is 0 Å². The van der Waals surface area contributed by atoms with Crippen molar-refractivity contribution in [1.82, 2.24) is 25.1 Å². The predicted octanol–water partition coefficient (Wildman–Crippen LogP) is 2.54. The molecule has 0 amide bonds. The van der Waals surface area contributed by atoms with Gasteiger partial charge in [-0.05, 0) is 43.5 Å². The molecule has 7 heteroatoms. The number of halogens is 1. The van der Waals surface area contributed by atoms with E-state index in [1.165, 1.54) is 32.4 Å². The van der Waals surface area contributed by atoms with Crippen molar-refractivity contribution in [3.63, 3.8) is 0 Å². The Morgan fingerprint density at radius 1 is 1.33 bits per heavy atom. The van der Waals surface area contributed by atoms with Crippen LogP contribution in [0.15, 0.2) is 6.20 Å². The number of hydrogen-bond acceptors (Lipinski definition) is 5. The number of fused-ring (bicyclic) bond motifs is 1. The van der Waals surface area contributed by atoms with Crippen molar-refractivity contribution in [2.24, 2.45) is 5.92 Å². The molecule has 114 valence electrons. The summed E-state index contributed by atoms with van der Waals surface area (Å²) in [7, 11) is 0. The van der Waals surface area contributed by atoms with Gasteiger partial charge >= 0.3 is 0 Å². The van der Waals surface area contributed by atoms with Crippen molar-refractivity contribution < 1.29 is 0 Å². The molecule has 1 aliphatic heterocycles. The molecule has 1 unspecified atom stereocenters. The van der Waals surface area contributed by atoms with E-state index in [-0.39, 0.29) is 5.28 Å². The number of nitrogens with one attached hydrogen (secondary N) is 2. The van der Waals surface area contributed by atoms with Gasteiger partial charge in [-0.25, -0.2) is 0 Å². The summed E-state index contributed by atoms with van der Waals surface area (Å²) >= 11 is 5.93. The lowest BCUT2D eigenvalue weighted by molar-refractivity contribution is 0.204. The van der Waals surface area contributed by atoms with E-state index in [0.29, 0.717) is 11.6 Å². The summed E-state index contributed by atoms with van der Waals surface area (Å²) < 4.78 is 0. The fourth-order valence-electron chi connectivity index (χ4n) is 2.86. The van der Waals surface area contributed by atoms with Gasteiger partial charge in [-0.2, -0.15) is 15.1 Å². The van der Waals surface area contributed by atoms with Crippen LogP contribution >= 0.6 is 11.6 Å². The highest BCUT2D eigenvalue weighted by atomic mass is 35.5. The summed E-state index contributed by atoms with van der Waals surface area (Å²) in [5.41, 5.74) is 0.668. The second kappa shape index (κ2) is 6.58. The molecule has 3 heterocycles. The van der Waals surface area contributed by atoms with Crippen LogP contribution in [0, 0.1) is 5.92 Å². The fraction of sp³-hybridized carbons (Fsp3) is 0.643. The number of piperidine rings is 1. The zero-order valence-corrected chi connectivity index (χ0v) is 13.0. The molecule has 2 N–H and O–H groups in total. The van der Waals surface area contributed by atoms with Crippen molar-refractivity contribution in [3.05, 3.63) is 11.5 Å². The Morgan fingerprint density at radius 3 is 2.95 bits per heavy atom. The van der Waals surface area contributed by atoms with E-state index in [1.807, 2.05) is 0 Å². The Kier molecular flexibility index (Phi) is 4.55. The second-order valence-corrected chi connectivity index (χ2v) is 6.16. The standard InChI is InChI=1S/C14H21ClN6/c1-10(9-21-5-3-2-4-6-21)7-16-12-11-8-17-20-13(11)19-14(15)18-12/h8,10H,2-7,9H2,1H3,(H2,16,17,18,19,20). The summed E-state index contributed by atoms with van der Waals surface area (Å²) in [6, 6.07) is 0. The lowest BCUT2D eigenvalue weighted by Crippen LogP contribution is -2.35. The summed E-state index contributed by atoms with van der Waals surface area (Å²) in [4.78, 5) is 10.9. The number of anilines is 1. The molecule has 21 heavy (non-hydrogen) atoms. The molecule has 2 aromatic rings. The molecule has 1 fully saturated rings. The maximum atomic E-state index is 5.93. The van der Waals surface area contributed by atoms with E-state index in [0.717, 1.165) is 24.3 Å². The molecule has 2 aromatic heterocycles. The first-order valence-electron chi connectivity index (χ1n) is 7.55. The summed E-state index contributed by atoms with van der Waals surface area (Å²) in [6.07, 6.45) is 5.76. The van der Waals surface area contributed by atoms with Gasteiger partial charge in [0, 0.05) is 13.1 Å². The molecule has 0 bridgehead atoms. The van der Waals surface area contributed by atoms with Gasteiger partial charge in [0.1, 0.15) is 5.82 Å². The van der Waals surface area contributed by atoms with Crippen LogP contribution in [0.1, 0.15) is 26.2 Å². The maximum Gasteiger partial charge on any atom is 0.226 e. The van der Waals surface area contributed by atoms with Gasteiger partial charge < -0.3 is 10.2 Å². The van der Waals surface area contributed by atoms with E-state index in [4.69, 9.17) is 11.6 Å². The van der Waals surface area contributed by atoms with Crippen LogP contribution in [-0.4, -0.2) is 51.2 Å². The maximum absolute atomic E-state index is 5.93. The van der Waals surface area contributed by atoms with Crippen molar-refractivity contribution >= 4 is 28.5 Å². The third kappa shape index (κ3) is 3.63. The Labute approximate surface area is 129 Å². The topological polar surface area (TPSA) is 69.7 Å². The van der Waals surface area contributed by atoms with Gasteiger partial charge in [0.2, 0.25) is 5.28 Å².